The predicted molar refractivity (Wildman–Crippen MR) is 77.3 cm³/mol. The normalized spacial score (nSPS) is 23.2. The topological polar surface area (TPSA) is 56.3 Å². The van der Waals surface area contributed by atoms with Crippen LogP contribution >= 0.6 is 15.9 Å². The first kappa shape index (κ1) is 12.5. The molecule has 1 fully saturated rings. The molecule has 1 aromatic carbocycles. The van der Waals surface area contributed by atoms with Crippen LogP contribution in [-0.4, -0.2) is 27.6 Å². The zero-order valence-electron chi connectivity index (χ0n) is 10.6. The second kappa shape index (κ2) is 4.56. The molecule has 2 atom stereocenters. The third kappa shape index (κ3) is 2.23. The number of aromatic amines is 1. The van der Waals surface area contributed by atoms with Gasteiger partial charge in [0.15, 0.2) is 0 Å². The number of likely N-dealkylation sites (tertiary alicyclic amines) is 1. The average Bonchev–Trinajstić information content (AvgIpc) is 2.91. The third-order valence-electron chi connectivity index (χ3n) is 3.72. The van der Waals surface area contributed by atoms with Crippen LogP contribution in [0.25, 0.3) is 10.9 Å². The number of carboxylic acid groups (broad SMARTS) is 1. The van der Waals surface area contributed by atoms with Crippen molar-refractivity contribution in [2.24, 2.45) is 5.92 Å². The lowest BCUT2D eigenvalue weighted by Crippen LogP contribution is -2.29. The fourth-order valence-corrected chi connectivity index (χ4v) is 3.21. The van der Waals surface area contributed by atoms with Crippen LogP contribution in [0.15, 0.2) is 28.7 Å². The van der Waals surface area contributed by atoms with Crippen molar-refractivity contribution in [2.75, 3.05) is 6.54 Å². The van der Waals surface area contributed by atoms with Gasteiger partial charge in [-0.2, -0.15) is 0 Å². The zero-order chi connectivity index (χ0) is 13.6. The van der Waals surface area contributed by atoms with Crippen LogP contribution in [0.3, 0.4) is 0 Å². The lowest BCUT2D eigenvalue weighted by atomic mass is 10.1. The van der Waals surface area contributed by atoms with E-state index in [1.807, 2.05) is 18.2 Å². The molecule has 1 aromatic heterocycles. The van der Waals surface area contributed by atoms with Gasteiger partial charge in [-0.05, 0) is 35.9 Å². The molecule has 5 heteroatoms. The van der Waals surface area contributed by atoms with Crippen LogP contribution in [0.1, 0.15) is 25.1 Å². The fourth-order valence-electron chi connectivity index (χ4n) is 2.85. The Balaban J connectivity index is 2.01. The van der Waals surface area contributed by atoms with Gasteiger partial charge in [-0.25, -0.2) is 4.79 Å². The molecular formula is C14H15BrN2O2. The molecule has 19 heavy (non-hydrogen) atoms. The van der Waals surface area contributed by atoms with E-state index in [0.29, 0.717) is 12.5 Å². The van der Waals surface area contributed by atoms with E-state index < -0.39 is 6.09 Å². The minimum Gasteiger partial charge on any atom is -0.465 e. The van der Waals surface area contributed by atoms with Crippen molar-refractivity contribution in [1.29, 1.82) is 0 Å². The Bertz CT molecular complexity index is 637. The first-order chi connectivity index (χ1) is 9.04. The standard InChI is InChI=1S/C14H15BrN2O2/c1-8-4-13(17(7-8)14(18)19)12-5-9-2-3-10(15)6-11(9)16-12/h2-3,5-6,8,13,16H,4,7H2,1H3,(H,18,19)/t8-,13+/m0/s1. The van der Waals surface area contributed by atoms with Crippen molar-refractivity contribution in [1.82, 2.24) is 9.88 Å². The Morgan fingerprint density at radius 3 is 3.00 bits per heavy atom. The van der Waals surface area contributed by atoms with Crippen LogP contribution in [0.2, 0.25) is 0 Å². The maximum atomic E-state index is 11.3. The van der Waals surface area contributed by atoms with Gasteiger partial charge < -0.3 is 10.1 Å². The number of hydrogen-bond acceptors (Lipinski definition) is 1. The summed E-state index contributed by atoms with van der Waals surface area (Å²) in [5.41, 5.74) is 2.02. The number of carbonyl (C=O) groups is 1. The molecule has 0 unspecified atom stereocenters. The molecule has 0 aliphatic carbocycles. The van der Waals surface area contributed by atoms with Crippen molar-refractivity contribution >= 4 is 32.9 Å². The van der Waals surface area contributed by atoms with Crippen molar-refractivity contribution in [2.45, 2.75) is 19.4 Å². The van der Waals surface area contributed by atoms with E-state index in [4.69, 9.17) is 0 Å². The Labute approximate surface area is 119 Å². The number of amides is 1. The van der Waals surface area contributed by atoms with E-state index in [1.54, 1.807) is 0 Å². The van der Waals surface area contributed by atoms with Gasteiger partial charge in [0.05, 0.1) is 6.04 Å². The molecule has 1 aliphatic rings. The molecule has 3 rings (SSSR count). The second-order valence-electron chi connectivity index (χ2n) is 5.25. The Morgan fingerprint density at radius 1 is 1.47 bits per heavy atom. The van der Waals surface area contributed by atoms with Crippen LogP contribution in [-0.2, 0) is 0 Å². The van der Waals surface area contributed by atoms with E-state index in [9.17, 15) is 9.90 Å². The Kier molecular flexibility index (Phi) is 3.01. The van der Waals surface area contributed by atoms with Crippen LogP contribution in [0.5, 0.6) is 0 Å². The van der Waals surface area contributed by atoms with Crippen molar-refractivity contribution in [3.8, 4) is 0 Å². The van der Waals surface area contributed by atoms with Gasteiger partial charge in [0.25, 0.3) is 0 Å². The van der Waals surface area contributed by atoms with Crippen LogP contribution in [0, 0.1) is 5.92 Å². The monoisotopic (exact) mass is 322 g/mol. The molecular weight excluding hydrogens is 308 g/mol. The molecule has 1 amide bonds. The van der Waals surface area contributed by atoms with E-state index in [1.165, 1.54) is 4.90 Å². The number of halogens is 1. The molecule has 1 saturated heterocycles. The molecule has 0 saturated carbocycles. The zero-order valence-corrected chi connectivity index (χ0v) is 12.1. The summed E-state index contributed by atoms with van der Waals surface area (Å²) in [6, 6.07) is 8.04. The maximum absolute atomic E-state index is 11.3. The van der Waals surface area contributed by atoms with E-state index in [2.05, 4.69) is 33.9 Å². The summed E-state index contributed by atoms with van der Waals surface area (Å²) >= 11 is 3.45. The second-order valence-corrected chi connectivity index (χ2v) is 6.16. The van der Waals surface area contributed by atoms with Crippen molar-refractivity contribution in [3.05, 3.63) is 34.4 Å². The van der Waals surface area contributed by atoms with E-state index >= 15 is 0 Å². The number of aromatic nitrogens is 1. The lowest BCUT2D eigenvalue weighted by Gasteiger charge is -2.20. The highest BCUT2D eigenvalue weighted by Gasteiger charge is 2.34. The highest BCUT2D eigenvalue weighted by Crippen LogP contribution is 2.36. The number of H-pyrrole nitrogens is 1. The average molecular weight is 323 g/mol. The van der Waals surface area contributed by atoms with Crippen LogP contribution < -0.4 is 0 Å². The molecule has 2 aromatic rings. The summed E-state index contributed by atoms with van der Waals surface area (Å²) in [6.07, 6.45) is 0.0366. The molecule has 2 heterocycles. The third-order valence-corrected chi connectivity index (χ3v) is 4.21. The van der Waals surface area contributed by atoms with Gasteiger partial charge in [-0.3, -0.25) is 4.90 Å². The van der Waals surface area contributed by atoms with Crippen molar-refractivity contribution < 1.29 is 9.90 Å². The van der Waals surface area contributed by atoms with Gasteiger partial charge in [-0.1, -0.05) is 28.9 Å². The van der Waals surface area contributed by atoms with Crippen molar-refractivity contribution in [3.63, 3.8) is 0 Å². The Morgan fingerprint density at radius 2 is 2.26 bits per heavy atom. The number of rotatable bonds is 1. The molecule has 2 N–H and O–H groups in total. The molecule has 0 spiro atoms. The van der Waals surface area contributed by atoms with Gasteiger partial charge in [0, 0.05) is 22.2 Å². The summed E-state index contributed by atoms with van der Waals surface area (Å²) in [7, 11) is 0. The summed E-state index contributed by atoms with van der Waals surface area (Å²) in [5.74, 6) is 0.402. The molecule has 1 aliphatic heterocycles. The fraction of sp³-hybridized carbons (Fsp3) is 0.357. The molecule has 4 nitrogen and oxygen atoms in total. The Hall–Kier alpha value is -1.49. The maximum Gasteiger partial charge on any atom is 0.407 e. The smallest absolute Gasteiger partial charge is 0.407 e. The minimum absolute atomic E-state index is 0.0568. The summed E-state index contributed by atoms with van der Waals surface area (Å²) in [6.45, 7) is 2.70. The summed E-state index contributed by atoms with van der Waals surface area (Å²) in [4.78, 5) is 16.2. The number of benzene rings is 1. The number of fused-ring (bicyclic) bond motifs is 1. The quantitative estimate of drug-likeness (QED) is 0.834. The number of nitrogens with one attached hydrogen (secondary N) is 1. The summed E-state index contributed by atoms with van der Waals surface area (Å²) in [5, 5.41) is 10.4. The minimum atomic E-state index is -0.839. The predicted octanol–water partition coefficient (Wildman–Crippen LogP) is 3.99. The summed E-state index contributed by atoms with van der Waals surface area (Å²) < 4.78 is 1.02. The van der Waals surface area contributed by atoms with E-state index in [-0.39, 0.29) is 6.04 Å². The number of nitrogens with zero attached hydrogens (tertiary/aromatic N) is 1. The van der Waals surface area contributed by atoms with Gasteiger partial charge in [-0.15, -0.1) is 0 Å². The first-order valence-corrected chi connectivity index (χ1v) is 7.11. The largest absolute Gasteiger partial charge is 0.465 e. The van der Waals surface area contributed by atoms with E-state index in [0.717, 1.165) is 27.5 Å². The molecule has 100 valence electrons. The highest BCUT2D eigenvalue weighted by atomic mass is 79.9. The van der Waals surface area contributed by atoms with Gasteiger partial charge in [0.1, 0.15) is 0 Å². The molecule has 0 bridgehead atoms. The van der Waals surface area contributed by atoms with Crippen LogP contribution in [0.4, 0.5) is 4.79 Å². The lowest BCUT2D eigenvalue weighted by molar-refractivity contribution is 0.139. The van der Waals surface area contributed by atoms with Gasteiger partial charge in [0.2, 0.25) is 0 Å². The van der Waals surface area contributed by atoms with Gasteiger partial charge >= 0.3 is 6.09 Å². The first-order valence-electron chi connectivity index (χ1n) is 6.32. The SMILES string of the molecule is C[C@H]1C[C@H](c2cc3ccc(Br)cc3[nH]2)N(C(=O)O)C1. The molecule has 0 radical (unpaired) electrons. The number of hydrogen-bond donors (Lipinski definition) is 2. The highest BCUT2D eigenvalue weighted by molar-refractivity contribution is 9.10.